The van der Waals surface area contributed by atoms with Gasteiger partial charge in [0.1, 0.15) is 6.07 Å². The third-order valence-corrected chi connectivity index (χ3v) is 2.54. The van der Waals surface area contributed by atoms with Gasteiger partial charge >= 0.3 is 5.97 Å². The summed E-state index contributed by atoms with van der Waals surface area (Å²) in [5.41, 5.74) is 0.195. The molecule has 0 spiro atoms. The van der Waals surface area contributed by atoms with Crippen LogP contribution in [0, 0.1) is 11.3 Å². The lowest BCUT2D eigenvalue weighted by atomic mass is 10.2. The Bertz CT molecular complexity index is 733. The molecule has 1 heterocycles. The number of aromatic nitrogens is 1. The topological polar surface area (TPSA) is 116 Å². The summed E-state index contributed by atoms with van der Waals surface area (Å²) in [5.74, 6) is -2.50. The Morgan fingerprint density at radius 3 is 2.75 bits per heavy atom. The lowest BCUT2D eigenvalue weighted by molar-refractivity contribution is 0.0651. The van der Waals surface area contributed by atoms with Crippen LogP contribution in [0.25, 0.3) is 0 Å². The smallest absolute Gasteiger partial charge is 0.374 e. The van der Waals surface area contributed by atoms with Gasteiger partial charge in [-0.05, 0) is 18.2 Å². The molecule has 1 aromatic carbocycles. The number of carbonyl (C=O) groups excluding carboxylic acids is 1. The Morgan fingerprint density at radius 2 is 2.15 bits per heavy atom. The summed E-state index contributed by atoms with van der Waals surface area (Å²) < 4.78 is 4.46. The zero-order valence-corrected chi connectivity index (χ0v) is 10.5. The third kappa shape index (κ3) is 2.76. The molecule has 7 nitrogen and oxygen atoms in total. The first kappa shape index (κ1) is 13.6. The summed E-state index contributed by atoms with van der Waals surface area (Å²) in [5, 5.41) is 23.7. The number of hydrogen-bond donors (Lipinski definition) is 2. The molecule has 2 aromatic rings. The van der Waals surface area contributed by atoms with Crippen molar-refractivity contribution in [1.82, 2.24) is 5.16 Å². The van der Waals surface area contributed by atoms with Gasteiger partial charge < -0.3 is 14.9 Å². The van der Waals surface area contributed by atoms with E-state index in [0.29, 0.717) is 5.02 Å². The van der Waals surface area contributed by atoms with E-state index in [9.17, 15) is 9.59 Å². The number of amides is 1. The second-order valence-corrected chi connectivity index (χ2v) is 4.07. The number of carboxylic acids is 1. The fourth-order valence-corrected chi connectivity index (χ4v) is 1.56. The number of nitrogens with zero attached hydrogens (tertiary/aromatic N) is 2. The zero-order valence-electron chi connectivity index (χ0n) is 9.75. The van der Waals surface area contributed by atoms with Gasteiger partial charge in [-0.3, -0.25) is 4.79 Å². The van der Waals surface area contributed by atoms with Gasteiger partial charge in [0.25, 0.3) is 5.91 Å². The lowest BCUT2D eigenvalue weighted by Gasteiger charge is -2.05. The highest BCUT2D eigenvalue weighted by molar-refractivity contribution is 6.31. The van der Waals surface area contributed by atoms with Gasteiger partial charge in [-0.25, -0.2) is 4.79 Å². The highest BCUT2D eigenvalue weighted by Crippen LogP contribution is 2.21. The van der Waals surface area contributed by atoms with E-state index in [4.69, 9.17) is 22.0 Å². The molecule has 0 radical (unpaired) electrons. The largest absolute Gasteiger partial charge is 0.475 e. The minimum Gasteiger partial charge on any atom is -0.475 e. The maximum Gasteiger partial charge on any atom is 0.374 e. The maximum absolute atomic E-state index is 11.9. The van der Waals surface area contributed by atoms with Crippen LogP contribution in [0.5, 0.6) is 0 Å². The Hall–Kier alpha value is -2.85. The number of halogens is 1. The van der Waals surface area contributed by atoms with Crippen LogP contribution in [0.4, 0.5) is 5.69 Å². The Balaban J connectivity index is 2.25. The highest BCUT2D eigenvalue weighted by atomic mass is 35.5. The van der Waals surface area contributed by atoms with Crippen molar-refractivity contribution in [2.75, 3.05) is 5.32 Å². The van der Waals surface area contributed by atoms with Gasteiger partial charge in [0.05, 0.1) is 11.3 Å². The van der Waals surface area contributed by atoms with Gasteiger partial charge in [-0.15, -0.1) is 0 Å². The van der Waals surface area contributed by atoms with Crippen molar-refractivity contribution in [3.63, 3.8) is 0 Å². The Labute approximate surface area is 117 Å². The molecule has 0 aliphatic carbocycles. The number of rotatable bonds is 3. The SMILES string of the molecule is N#Cc1ccc(Cl)cc1NC(=O)c1cc(C(=O)O)on1. The van der Waals surface area contributed by atoms with Crippen molar-refractivity contribution in [2.24, 2.45) is 0 Å². The van der Waals surface area contributed by atoms with Crippen molar-refractivity contribution in [3.05, 3.63) is 46.3 Å². The average Bonchev–Trinajstić information content (AvgIpc) is 2.89. The molecule has 0 saturated carbocycles. The quantitative estimate of drug-likeness (QED) is 0.895. The van der Waals surface area contributed by atoms with Crippen LogP contribution in [0.15, 0.2) is 28.8 Å². The van der Waals surface area contributed by atoms with Crippen molar-refractivity contribution >= 4 is 29.2 Å². The molecule has 0 atom stereocenters. The maximum atomic E-state index is 11.9. The summed E-state index contributed by atoms with van der Waals surface area (Å²) in [4.78, 5) is 22.5. The van der Waals surface area contributed by atoms with E-state index in [-0.39, 0.29) is 16.9 Å². The molecule has 0 aliphatic heterocycles. The lowest BCUT2D eigenvalue weighted by Crippen LogP contribution is -2.13. The molecular formula is C12H6ClN3O4. The molecule has 2 N–H and O–H groups in total. The molecule has 0 aliphatic rings. The van der Waals surface area contributed by atoms with Gasteiger partial charge in [-0.1, -0.05) is 16.8 Å². The molecule has 20 heavy (non-hydrogen) atoms. The van der Waals surface area contributed by atoms with Gasteiger partial charge in [0.15, 0.2) is 5.69 Å². The standard InChI is InChI=1S/C12H6ClN3O4/c13-7-2-1-6(5-14)8(3-7)15-11(17)9-4-10(12(18)19)20-16-9/h1-4H,(H,15,17)(H,18,19). The normalized spacial score (nSPS) is 9.80. The predicted molar refractivity (Wildman–Crippen MR) is 67.6 cm³/mol. The van der Waals surface area contributed by atoms with E-state index in [1.54, 1.807) is 0 Å². The average molecular weight is 292 g/mol. The van der Waals surface area contributed by atoms with E-state index >= 15 is 0 Å². The number of carboxylic acid groups (broad SMARTS) is 1. The highest BCUT2D eigenvalue weighted by Gasteiger charge is 2.17. The number of carbonyl (C=O) groups is 2. The molecule has 2 rings (SSSR count). The summed E-state index contributed by atoms with van der Waals surface area (Å²) >= 11 is 5.78. The monoisotopic (exact) mass is 291 g/mol. The second-order valence-electron chi connectivity index (χ2n) is 3.64. The summed E-state index contributed by atoms with van der Waals surface area (Å²) in [6.45, 7) is 0. The molecule has 8 heteroatoms. The minimum absolute atomic E-state index is 0.199. The molecular weight excluding hydrogens is 286 g/mol. The molecule has 0 saturated heterocycles. The van der Waals surface area contributed by atoms with E-state index in [0.717, 1.165) is 6.07 Å². The number of aromatic carboxylic acids is 1. The molecule has 0 bridgehead atoms. The van der Waals surface area contributed by atoms with E-state index in [1.807, 2.05) is 6.07 Å². The molecule has 1 amide bonds. The summed E-state index contributed by atoms with van der Waals surface area (Å²) in [6, 6.07) is 7.23. The number of nitriles is 1. The predicted octanol–water partition coefficient (Wildman–Crippen LogP) is 2.15. The van der Waals surface area contributed by atoms with Crippen LogP contribution < -0.4 is 5.32 Å². The number of nitrogens with one attached hydrogen (secondary N) is 1. The first-order valence-corrected chi connectivity index (χ1v) is 5.60. The first-order chi connectivity index (χ1) is 9.51. The van der Waals surface area contributed by atoms with Gasteiger partial charge in [0.2, 0.25) is 5.76 Å². The molecule has 0 unspecified atom stereocenters. The first-order valence-electron chi connectivity index (χ1n) is 5.22. The van der Waals surface area contributed by atoms with Crippen LogP contribution in [0.3, 0.4) is 0 Å². The summed E-state index contributed by atoms with van der Waals surface area (Å²) in [6.07, 6.45) is 0. The minimum atomic E-state index is -1.34. The fraction of sp³-hybridized carbons (Fsp3) is 0. The van der Waals surface area contributed by atoms with Crippen LogP contribution in [0.1, 0.15) is 26.6 Å². The van der Waals surface area contributed by atoms with Crippen molar-refractivity contribution < 1.29 is 19.2 Å². The van der Waals surface area contributed by atoms with E-state index in [2.05, 4.69) is 15.0 Å². The number of anilines is 1. The number of benzene rings is 1. The van der Waals surface area contributed by atoms with Gasteiger partial charge in [-0.2, -0.15) is 5.26 Å². The zero-order chi connectivity index (χ0) is 14.7. The summed E-state index contributed by atoms with van der Waals surface area (Å²) in [7, 11) is 0. The Kier molecular flexibility index (Phi) is 3.68. The van der Waals surface area contributed by atoms with Crippen molar-refractivity contribution in [3.8, 4) is 6.07 Å². The van der Waals surface area contributed by atoms with Crippen LogP contribution in [-0.2, 0) is 0 Å². The van der Waals surface area contributed by atoms with Crippen molar-refractivity contribution in [1.29, 1.82) is 5.26 Å². The third-order valence-electron chi connectivity index (χ3n) is 2.30. The fourth-order valence-electron chi connectivity index (χ4n) is 1.39. The van der Waals surface area contributed by atoms with Gasteiger partial charge in [0, 0.05) is 11.1 Å². The van der Waals surface area contributed by atoms with Crippen molar-refractivity contribution in [2.45, 2.75) is 0 Å². The van der Waals surface area contributed by atoms with E-state index in [1.165, 1.54) is 18.2 Å². The molecule has 0 fully saturated rings. The van der Waals surface area contributed by atoms with Crippen LogP contribution >= 0.6 is 11.6 Å². The van der Waals surface area contributed by atoms with E-state index < -0.39 is 17.6 Å². The Morgan fingerprint density at radius 1 is 1.40 bits per heavy atom. The number of hydrogen-bond acceptors (Lipinski definition) is 5. The van der Waals surface area contributed by atoms with Crippen LogP contribution in [0.2, 0.25) is 5.02 Å². The molecule has 100 valence electrons. The molecule has 1 aromatic heterocycles. The van der Waals surface area contributed by atoms with Crippen LogP contribution in [-0.4, -0.2) is 22.1 Å². The second kappa shape index (κ2) is 5.42.